The van der Waals surface area contributed by atoms with Crippen molar-refractivity contribution in [2.75, 3.05) is 25.5 Å². The van der Waals surface area contributed by atoms with Crippen LogP contribution in [0.25, 0.3) is 22.4 Å². The molecule has 1 aliphatic rings. The summed E-state index contributed by atoms with van der Waals surface area (Å²) in [4.78, 5) is 18.6. The van der Waals surface area contributed by atoms with Gasteiger partial charge in [0.05, 0.1) is 35.6 Å². The molecule has 5 rings (SSSR count). The van der Waals surface area contributed by atoms with Crippen LogP contribution >= 0.6 is 0 Å². The van der Waals surface area contributed by atoms with E-state index in [1.165, 1.54) is 6.20 Å². The van der Waals surface area contributed by atoms with E-state index in [1.54, 1.807) is 35.1 Å². The number of benzene rings is 1. The number of carbonyl (C=O) groups is 1. The number of nitrogens with one attached hydrogen (secondary N) is 2. The first kappa shape index (κ1) is 27.6. The molecule has 1 aromatic carbocycles. The Balaban J connectivity index is 1.40. The molecule has 4 heterocycles. The fraction of sp³-hybridized carbons (Fsp3) is 0.462. The molecule has 2 N–H and O–H groups in total. The summed E-state index contributed by atoms with van der Waals surface area (Å²) in [5.41, 5.74) is 1.25. The Labute approximate surface area is 227 Å². The fourth-order valence-electron chi connectivity index (χ4n) is 4.79. The zero-order valence-electron chi connectivity index (χ0n) is 22.2. The molecule has 0 spiro atoms. The molecule has 0 radical (unpaired) electrons. The lowest BCUT2D eigenvalue weighted by atomic mass is 10.0. The zero-order valence-corrected chi connectivity index (χ0v) is 22.2. The summed E-state index contributed by atoms with van der Waals surface area (Å²) in [5.74, 6) is -0.451. The van der Waals surface area contributed by atoms with Crippen molar-refractivity contribution in [3.63, 3.8) is 0 Å². The van der Waals surface area contributed by atoms with Gasteiger partial charge in [-0.05, 0) is 45.5 Å². The van der Waals surface area contributed by atoms with Gasteiger partial charge in [-0.15, -0.1) is 0 Å². The van der Waals surface area contributed by atoms with Gasteiger partial charge in [-0.3, -0.25) is 9.48 Å². The number of piperidine rings is 1. The van der Waals surface area contributed by atoms with Gasteiger partial charge in [-0.1, -0.05) is 11.2 Å². The molecule has 1 aliphatic heterocycles. The van der Waals surface area contributed by atoms with Crippen LogP contribution in [-0.4, -0.2) is 73.8 Å². The summed E-state index contributed by atoms with van der Waals surface area (Å²) in [6.45, 7) is 3.43. The molecule has 1 saturated heterocycles. The van der Waals surface area contributed by atoms with Gasteiger partial charge < -0.3 is 24.6 Å². The molecule has 3 aromatic heterocycles. The molecule has 214 valence electrons. The summed E-state index contributed by atoms with van der Waals surface area (Å²) in [5, 5.41) is 14.3. The Morgan fingerprint density at radius 3 is 2.77 bits per heavy atom. The normalized spacial score (nSPS) is 18.5. The highest BCUT2D eigenvalue weighted by Crippen LogP contribution is 2.35. The van der Waals surface area contributed by atoms with E-state index < -0.39 is 30.8 Å². The molecule has 1 amide bonds. The number of hydrogen-bond donors (Lipinski definition) is 2. The van der Waals surface area contributed by atoms with Crippen molar-refractivity contribution >= 4 is 22.5 Å². The van der Waals surface area contributed by atoms with Crippen molar-refractivity contribution in [2.24, 2.45) is 0 Å². The van der Waals surface area contributed by atoms with E-state index in [1.807, 2.05) is 25.8 Å². The van der Waals surface area contributed by atoms with E-state index in [4.69, 9.17) is 4.52 Å². The predicted molar refractivity (Wildman–Crippen MR) is 139 cm³/mol. The summed E-state index contributed by atoms with van der Waals surface area (Å²) in [6, 6.07) is 6.07. The average molecular weight is 563 g/mol. The van der Waals surface area contributed by atoms with Gasteiger partial charge >= 0.3 is 6.18 Å². The Kier molecular flexibility index (Phi) is 7.53. The Morgan fingerprint density at radius 2 is 2.08 bits per heavy atom. The van der Waals surface area contributed by atoms with Gasteiger partial charge in [0.25, 0.3) is 5.91 Å². The van der Waals surface area contributed by atoms with Crippen LogP contribution in [0.1, 0.15) is 42.6 Å². The predicted octanol–water partition coefficient (Wildman–Crippen LogP) is 4.42. The number of carbonyl (C=O) groups excluding carboxylic acids is 1. The highest BCUT2D eigenvalue weighted by molar-refractivity contribution is 5.96. The number of alkyl halides is 4. The number of halogens is 4. The fourth-order valence-corrected chi connectivity index (χ4v) is 4.79. The minimum atomic E-state index is -4.52. The number of rotatable bonds is 8. The second kappa shape index (κ2) is 10.9. The number of anilines is 1. The molecule has 40 heavy (non-hydrogen) atoms. The quantitative estimate of drug-likeness (QED) is 0.307. The van der Waals surface area contributed by atoms with E-state index in [0.29, 0.717) is 35.1 Å². The van der Waals surface area contributed by atoms with Gasteiger partial charge in [-0.25, -0.2) is 4.39 Å². The molecule has 14 heteroatoms. The Bertz CT molecular complexity index is 1490. The van der Waals surface area contributed by atoms with E-state index in [0.717, 1.165) is 4.57 Å². The van der Waals surface area contributed by atoms with E-state index in [-0.39, 0.29) is 36.5 Å². The van der Waals surface area contributed by atoms with E-state index in [2.05, 4.69) is 25.9 Å². The minimum Gasteiger partial charge on any atom is -0.379 e. The molecule has 0 unspecified atom stereocenters. The lowest BCUT2D eigenvalue weighted by molar-refractivity contribution is -0.139. The molecule has 2 atom stereocenters. The van der Waals surface area contributed by atoms with Crippen molar-refractivity contribution < 1.29 is 26.9 Å². The van der Waals surface area contributed by atoms with Crippen LogP contribution < -0.4 is 10.6 Å². The van der Waals surface area contributed by atoms with Gasteiger partial charge in [0.15, 0.2) is 0 Å². The molecule has 4 aromatic rings. The van der Waals surface area contributed by atoms with Crippen molar-refractivity contribution in [2.45, 2.75) is 57.8 Å². The number of amides is 1. The van der Waals surface area contributed by atoms with Gasteiger partial charge in [0, 0.05) is 36.4 Å². The van der Waals surface area contributed by atoms with Crippen molar-refractivity contribution in [1.29, 1.82) is 0 Å². The number of fused-ring (bicyclic) bond motifs is 1. The van der Waals surface area contributed by atoms with Crippen LogP contribution in [0.3, 0.4) is 0 Å². The first-order valence-electron chi connectivity index (χ1n) is 12.9. The lowest BCUT2D eigenvalue weighted by Crippen LogP contribution is -2.46. The molecule has 0 bridgehead atoms. The minimum absolute atomic E-state index is 0.0216. The van der Waals surface area contributed by atoms with Gasteiger partial charge in [0.2, 0.25) is 11.7 Å². The topological polar surface area (TPSA) is 106 Å². The molecule has 0 aliphatic carbocycles. The number of aromatic nitrogens is 5. The summed E-state index contributed by atoms with van der Waals surface area (Å²) in [6.07, 6.45) is -2.05. The summed E-state index contributed by atoms with van der Waals surface area (Å²) >= 11 is 0. The van der Waals surface area contributed by atoms with E-state index >= 15 is 0 Å². The third-order valence-electron chi connectivity index (χ3n) is 6.86. The number of hydrogen-bond acceptors (Lipinski definition) is 7. The molecular formula is C26H30F4N8O2. The van der Waals surface area contributed by atoms with Crippen LogP contribution in [0.4, 0.5) is 23.2 Å². The van der Waals surface area contributed by atoms with Crippen LogP contribution in [0, 0.1) is 0 Å². The maximum atomic E-state index is 14.7. The van der Waals surface area contributed by atoms with Crippen LogP contribution in [0.5, 0.6) is 0 Å². The Morgan fingerprint density at radius 1 is 1.27 bits per heavy atom. The smallest absolute Gasteiger partial charge is 0.379 e. The second-order valence-electron chi connectivity index (χ2n) is 10.3. The SMILES string of the molecule is CC(C)n1cc(C(=O)NCc2nc(-c3cc4c(N[C@@H]5CCN(C)C[C@@H]5F)cccc4n3CC(F)(F)F)no2)cn1. The lowest BCUT2D eigenvalue weighted by Gasteiger charge is -2.33. The van der Waals surface area contributed by atoms with Crippen molar-refractivity contribution in [3.05, 3.63) is 48.1 Å². The maximum absolute atomic E-state index is 14.7. The summed E-state index contributed by atoms with van der Waals surface area (Å²) < 4.78 is 63.5. The molecular weight excluding hydrogens is 532 g/mol. The van der Waals surface area contributed by atoms with Crippen LogP contribution in [0.2, 0.25) is 0 Å². The maximum Gasteiger partial charge on any atom is 0.406 e. The molecule has 0 saturated carbocycles. The largest absolute Gasteiger partial charge is 0.406 e. The first-order chi connectivity index (χ1) is 19.0. The highest BCUT2D eigenvalue weighted by atomic mass is 19.4. The van der Waals surface area contributed by atoms with Gasteiger partial charge in [0.1, 0.15) is 12.7 Å². The van der Waals surface area contributed by atoms with E-state index in [9.17, 15) is 22.4 Å². The molecule has 10 nitrogen and oxygen atoms in total. The summed E-state index contributed by atoms with van der Waals surface area (Å²) in [7, 11) is 1.85. The van der Waals surface area contributed by atoms with Crippen LogP contribution in [-0.2, 0) is 13.1 Å². The number of nitrogens with zero attached hydrogens (tertiary/aromatic N) is 6. The second-order valence-corrected chi connectivity index (χ2v) is 10.3. The standard InChI is InChI=1S/C26H30F4N8O2/c1-15(2)38-12-16(10-32-38)25(39)31-11-23-34-24(35-40-23)22-9-17-19(33-20-7-8-36(3)13-18(20)27)5-4-6-21(17)37(22)14-26(28,29)30/h4-6,9-10,12,15,18,20,33H,7-8,11,13-14H2,1-3H3,(H,31,39)/t18-,20+/m0/s1. The number of likely N-dealkylation sites (tertiary alicyclic amines) is 1. The monoisotopic (exact) mass is 562 g/mol. The molecule has 1 fully saturated rings. The zero-order chi connectivity index (χ0) is 28.6. The average Bonchev–Trinajstić information content (AvgIpc) is 3.63. The van der Waals surface area contributed by atoms with Gasteiger partial charge in [-0.2, -0.15) is 23.3 Å². The van der Waals surface area contributed by atoms with Crippen LogP contribution in [0.15, 0.2) is 41.2 Å². The Hall–Kier alpha value is -3.94. The van der Waals surface area contributed by atoms with Crippen molar-refractivity contribution in [1.82, 2.24) is 34.7 Å². The third kappa shape index (κ3) is 5.96. The van der Waals surface area contributed by atoms with Crippen molar-refractivity contribution in [3.8, 4) is 11.5 Å². The third-order valence-corrected chi connectivity index (χ3v) is 6.86. The highest BCUT2D eigenvalue weighted by Gasteiger charge is 2.32. The first-order valence-corrected chi connectivity index (χ1v) is 12.9.